The van der Waals surface area contributed by atoms with Gasteiger partial charge in [0.1, 0.15) is 5.60 Å². The summed E-state index contributed by atoms with van der Waals surface area (Å²) in [7, 11) is 0. The molecule has 0 bridgehead atoms. The van der Waals surface area contributed by atoms with Gasteiger partial charge in [-0.3, -0.25) is 0 Å². The average molecular weight is 339 g/mol. The number of hydrogen-bond donors (Lipinski definition) is 1. The predicted molar refractivity (Wildman–Crippen MR) is 75.3 cm³/mol. The number of carbonyl (C=O) groups excluding carboxylic acids is 1. The molecule has 4 heteroatoms. The van der Waals surface area contributed by atoms with Gasteiger partial charge in [-0.2, -0.15) is 0 Å². The Balaban J connectivity index is 0. The summed E-state index contributed by atoms with van der Waals surface area (Å²) in [6.07, 6.45) is 0.282. The van der Waals surface area contributed by atoms with Crippen molar-refractivity contribution >= 4 is 6.09 Å². The zero-order valence-electron chi connectivity index (χ0n) is 11.5. The molecule has 0 fully saturated rings. The van der Waals surface area contributed by atoms with Crippen molar-refractivity contribution in [3.63, 3.8) is 0 Å². The molecule has 1 aromatic rings. The fourth-order valence-electron chi connectivity index (χ4n) is 1.28. The second-order valence-corrected chi connectivity index (χ2v) is 5.04. The van der Waals surface area contributed by atoms with Gasteiger partial charge in [0, 0.05) is 32.7 Å². The van der Waals surface area contributed by atoms with E-state index in [1.165, 1.54) is 5.56 Å². The first-order valence-electron chi connectivity index (χ1n) is 5.73. The normalized spacial score (nSPS) is 9.89. The van der Waals surface area contributed by atoms with Crippen molar-refractivity contribution < 1.29 is 42.2 Å². The minimum atomic E-state index is -0.457. The van der Waals surface area contributed by atoms with Gasteiger partial charge in [-0.25, -0.2) is 11.3 Å². The number of rotatable bonds is 3. The van der Waals surface area contributed by atoms with E-state index in [1.807, 2.05) is 39.8 Å². The molecule has 0 aromatic heterocycles. The van der Waals surface area contributed by atoms with E-state index >= 15 is 0 Å². The molecule has 0 heterocycles. The largest absolute Gasteiger partial charge is 0.470 e. The van der Waals surface area contributed by atoms with Gasteiger partial charge in [-0.1, -0.05) is 42.8 Å². The first-order valence-corrected chi connectivity index (χ1v) is 5.73. The summed E-state index contributed by atoms with van der Waals surface area (Å²) in [4.78, 5) is 11.3. The number of alkyl carbamates (subject to hydrolysis) is 1. The summed E-state index contributed by atoms with van der Waals surface area (Å²) < 4.78 is 5.11. The zero-order chi connectivity index (χ0) is 12.9. The minimum absolute atomic E-state index is 0. The van der Waals surface area contributed by atoms with Crippen LogP contribution in [0.4, 0.5) is 4.79 Å². The molecule has 19 heavy (non-hydrogen) atoms. The van der Waals surface area contributed by atoms with Crippen LogP contribution < -0.4 is 5.32 Å². The molecule has 105 valence electrons. The van der Waals surface area contributed by atoms with Crippen molar-refractivity contribution in [1.29, 1.82) is 0 Å². The maximum Gasteiger partial charge on any atom is 0.378 e. The van der Waals surface area contributed by atoms with Gasteiger partial charge < -0.3 is 10.1 Å². The van der Waals surface area contributed by atoms with Crippen LogP contribution in [0.25, 0.3) is 0 Å². The molecule has 1 rings (SSSR count). The summed E-state index contributed by atoms with van der Waals surface area (Å²) in [6, 6.07) is 8.19. The van der Waals surface area contributed by atoms with Crippen molar-refractivity contribution in [3.05, 3.63) is 41.9 Å². The monoisotopic (exact) mass is 339 g/mol. The number of benzene rings is 1. The van der Waals surface area contributed by atoms with E-state index in [-0.39, 0.29) is 40.1 Å². The fourth-order valence-corrected chi connectivity index (χ4v) is 1.28. The molecule has 1 N–H and O–H groups in total. The molecule has 0 spiro atoms. The Morgan fingerprint density at radius 2 is 1.79 bits per heavy atom. The molecule has 0 aliphatic rings. The quantitative estimate of drug-likeness (QED) is 0.850. The Labute approximate surface area is 142 Å². The average Bonchev–Trinajstić information content (AvgIpc) is 2.18. The summed E-state index contributed by atoms with van der Waals surface area (Å²) in [5, 5.41) is 2.62. The van der Waals surface area contributed by atoms with Crippen molar-refractivity contribution in [3.8, 4) is 0 Å². The van der Waals surface area contributed by atoms with Gasteiger partial charge in [0.15, 0.2) is 0 Å². The third-order valence-electron chi connectivity index (χ3n) is 2.08. The summed E-state index contributed by atoms with van der Waals surface area (Å²) in [5.74, 6) is 0. The van der Waals surface area contributed by atoms with Crippen LogP contribution in [0, 0.1) is 13.5 Å². The first-order chi connectivity index (χ1) is 7.87. The molecular weight excluding hydrogens is 315 g/mol. The smallest absolute Gasteiger partial charge is 0.378 e. The van der Waals surface area contributed by atoms with E-state index in [4.69, 9.17) is 4.74 Å². The van der Waals surface area contributed by atoms with Crippen LogP contribution in [0.15, 0.2) is 24.3 Å². The van der Waals surface area contributed by atoms with Gasteiger partial charge in [-0.05, 0) is 27.7 Å². The second kappa shape index (κ2) is 9.49. The van der Waals surface area contributed by atoms with Crippen LogP contribution in [-0.4, -0.2) is 11.7 Å². The van der Waals surface area contributed by atoms with E-state index in [0.717, 1.165) is 5.56 Å². The van der Waals surface area contributed by atoms with Crippen molar-refractivity contribution in [2.24, 2.45) is 0 Å². The van der Waals surface area contributed by atoms with Crippen LogP contribution >= 0.6 is 0 Å². The number of aryl methyl sites for hydroxylation is 1. The first kappa shape index (κ1) is 20.9. The van der Waals surface area contributed by atoms with Gasteiger partial charge in [0.05, 0.1) is 0 Å². The maximum absolute atomic E-state index is 11.3. The van der Waals surface area contributed by atoms with Crippen LogP contribution in [0.1, 0.15) is 39.3 Å². The van der Waals surface area contributed by atoms with Crippen LogP contribution in [-0.2, 0) is 43.9 Å². The van der Waals surface area contributed by atoms with Crippen molar-refractivity contribution in [1.82, 2.24) is 5.32 Å². The summed E-state index contributed by atoms with van der Waals surface area (Å²) in [5.41, 5.74) is 1.93. The van der Waals surface area contributed by atoms with Gasteiger partial charge in [0.2, 0.25) is 0 Å². The van der Waals surface area contributed by atoms with Gasteiger partial charge >= 0.3 is 6.09 Å². The van der Waals surface area contributed by atoms with Crippen molar-refractivity contribution in [2.75, 3.05) is 0 Å². The molecule has 0 saturated carbocycles. The third kappa shape index (κ3) is 10.1. The summed E-state index contributed by atoms with van der Waals surface area (Å²) in [6.45, 7) is 9.27. The van der Waals surface area contributed by atoms with Crippen LogP contribution in [0.2, 0.25) is 0 Å². The Morgan fingerprint density at radius 1 is 1.26 bits per heavy atom. The number of nitrogens with one attached hydrogen (secondary N) is 1. The standard InChI is InChI=1S/C14H20NO2.CH4.Y/c1-11-5-7-12(8-6-11)9-10-15-13(16)17-14(2,3)4;;/h5-8,10H,9H2,1-4H3,(H,15,16);1H4;/q-1;;. The van der Waals surface area contributed by atoms with Gasteiger partial charge in [0.25, 0.3) is 0 Å². The Hall–Kier alpha value is -0.406. The molecule has 0 aliphatic heterocycles. The number of amides is 1. The Kier molecular flexibility index (Phi) is 10.4. The second-order valence-electron chi connectivity index (χ2n) is 5.04. The molecule has 1 radical (unpaired) electrons. The molecule has 0 atom stereocenters. The zero-order valence-corrected chi connectivity index (χ0v) is 14.3. The van der Waals surface area contributed by atoms with Crippen LogP contribution in [0.5, 0.6) is 0 Å². The molecular formula is C15H24NO2Y-. The van der Waals surface area contributed by atoms with Crippen LogP contribution in [0.3, 0.4) is 0 Å². The Bertz CT molecular complexity index is 369. The maximum atomic E-state index is 11.3. The van der Waals surface area contributed by atoms with Crippen molar-refractivity contribution in [2.45, 2.75) is 47.1 Å². The predicted octanol–water partition coefficient (Wildman–Crippen LogP) is 3.86. The van der Waals surface area contributed by atoms with E-state index < -0.39 is 11.7 Å². The summed E-state index contributed by atoms with van der Waals surface area (Å²) >= 11 is 0. The topological polar surface area (TPSA) is 38.3 Å². The van der Waals surface area contributed by atoms with Gasteiger partial charge in [-0.15, -0.1) is 6.42 Å². The van der Waals surface area contributed by atoms with E-state index in [1.54, 1.807) is 6.54 Å². The molecule has 0 aliphatic carbocycles. The third-order valence-corrected chi connectivity index (χ3v) is 2.08. The van der Waals surface area contributed by atoms with E-state index in [0.29, 0.717) is 6.42 Å². The minimum Gasteiger partial charge on any atom is -0.470 e. The Morgan fingerprint density at radius 3 is 2.26 bits per heavy atom. The van der Waals surface area contributed by atoms with E-state index in [9.17, 15) is 4.79 Å². The molecule has 1 aromatic carbocycles. The molecule has 3 nitrogen and oxygen atoms in total. The van der Waals surface area contributed by atoms with E-state index in [2.05, 4.69) is 17.4 Å². The number of hydrogen-bond acceptors (Lipinski definition) is 2. The number of carbonyl (C=O) groups is 1. The SMILES string of the molecule is C.Cc1ccc(C[CH-]NC(=O)OC(C)(C)C)cc1.[Y]. The molecule has 0 saturated heterocycles. The molecule has 1 amide bonds. The molecule has 0 unspecified atom stereocenters. The fraction of sp³-hybridized carbons (Fsp3) is 0.467. The number of ether oxygens (including phenoxy) is 1.